The van der Waals surface area contributed by atoms with Crippen LogP contribution in [0.1, 0.15) is 28.2 Å². The minimum absolute atomic E-state index is 0.0945. The molecule has 0 unspecified atom stereocenters. The highest BCUT2D eigenvalue weighted by atomic mass is 19.3. The van der Waals surface area contributed by atoms with Crippen LogP contribution in [-0.2, 0) is 0 Å². The molecule has 0 N–H and O–H groups in total. The number of nitrogens with zero attached hydrogens (tertiary/aromatic N) is 3. The summed E-state index contributed by atoms with van der Waals surface area (Å²) in [5, 5.41) is 3.88. The lowest BCUT2D eigenvalue weighted by atomic mass is 9.95. The molecule has 0 spiro atoms. The molecule has 0 atom stereocenters. The Morgan fingerprint density at radius 3 is 2.77 bits per heavy atom. The Morgan fingerprint density at radius 2 is 2.18 bits per heavy atom. The van der Waals surface area contributed by atoms with E-state index in [9.17, 15) is 13.6 Å². The van der Waals surface area contributed by atoms with Gasteiger partial charge in [-0.1, -0.05) is 5.16 Å². The smallest absolute Gasteiger partial charge is 0.255 e. The van der Waals surface area contributed by atoms with E-state index in [-0.39, 0.29) is 18.2 Å². The quantitative estimate of drug-likeness (QED) is 0.872. The van der Waals surface area contributed by atoms with Gasteiger partial charge in [-0.3, -0.25) is 9.36 Å². The van der Waals surface area contributed by atoms with E-state index in [1.54, 1.807) is 17.0 Å². The van der Waals surface area contributed by atoms with Crippen LogP contribution in [0.2, 0.25) is 0 Å². The molecule has 0 aromatic carbocycles. The highest BCUT2D eigenvalue weighted by molar-refractivity contribution is 5.96. The Kier molecular flexibility index (Phi) is 3.72. The van der Waals surface area contributed by atoms with E-state index in [0.717, 1.165) is 11.4 Å². The van der Waals surface area contributed by atoms with E-state index in [1.165, 1.54) is 6.26 Å². The Bertz CT molecular complexity index is 673. The molecule has 118 valence electrons. The van der Waals surface area contributed by atoms with Crippen molar-refractivity contribution < 1.29 is 18.1 Å². The second-order valence-corrected chi connectivity index (χ2v) is 5.68. The number of likely N-dealkylation sites (tertiary alicyclic amines) is 1. The van der Waals surface area contributed by atoms with Crippen LogP contribution < -0.4 is 0 Å². The van der Waals surface area contributed by atoms with Crippen LogP contribution in [-0.4, -0.2) is 40.0 Å². The third kappa shape index (κ3) is 2.51. The summed E-state index contributed by atoms with van der Waals surface area (Å²) in [4.78, 5) is 14.1. The second-order valence-electron chi connectivity index (χ2n) is 5.68. The van der Waals surface area contributed by atoms with E-state index in [0.29, 0.717) is 24.5 Å². The van der Waals surface area contributed by atoms with Crippen LogP contribution in [0, 0.1) is 19.8 Å². The number of aryl methyl sites for hydroxylation is 1. The number of carbonyl (C=O) groups excluding carboxylic acids is 1. The van der Waals surface area contributed by atoms with Crippen LogP contribution in [0.25, 0.3) is 5.82 Å². The lowest BCUT2D eigenvalue weighted by molar-refractivity contribution is 0.0280. The minimum Gasteiger partial charge on any atom is -0.363 e. The lowest BCUT2D eigenvalue weighted by Crippen LogP contribution is -2.50. The fourth-order valence-corrected chi connectivity index (χ4v) is 2.96. The van der Waals surface area contributed by atoms with E-state index < -0.39 is 6.43 Å². The van der Waals surface area contributed by atoms with Gasteiger partial charge in [-0.15, -0.1) is 0 Å². The molecule has 1 amide bonds. The first-order valence-corrected chi connectivity index (χ1v) is 7.14. The second kappa shape index (κ2) is 5.55. The van der Waals surface area contributed by atoms with Gasteiger partial charge in [0.1, 0.15) is 6.26 Å². The van der Waals surface area contributed by atoms with Crippen molar-refractivity contribution in [1.29, 1.82) is 0 Å². The molecule has 1 saturated heterocycles. The number of aromatic nitrogens is 2. The Hall–Kier alpha value is -2.18. The monoisotopic (exact) mass is 309 g/mol. The van der Waals surface area contributed by atoms with Crippen molar-refractivity contribution in [1.82, 2.24) is 14.6 Å². The van der Waals surface area contributed by atoms with Gasteiger partial charge in [-0.2, -0.15) is 0 Å². The molecule has 0 saturated carbocycles. The third-order valence-corrected chi connectivity index (χ3v) is 4.07. The number of hydrogen-bond donors (Lipinski definition) is 0. The van der Waals surface area contributed by atoms with E-state index in [4.69, 9.17) is 4.52 Å². The molecule has 1 aliphatic heterocycles. The highest BCUT2D eigenvalue weighted by Crippen LogP contribution is 2.27. The Morgan fingerprint density at radius 1 is 1.45 bits per heavy atom. The average molecular weight is 309 g/mol. The largest absolute Gasteiger partial charge is 0.363 e. The maximum Gasteiger partial charge on any atom is 0.255 e. The van der Waals surface area contributed by atoms with Gasteiger partial charge in [0, 0.05) is 37.0 Å². The predicted octanol–water partition coefficient (Wildman–Crippen LogP) is 2.81. The molecule has 7 heteroatoms. The highest BCUT2D eigenvalue weighted by Gasteiger charge is 2.34. The van der Waals surface area contributed by atoms with Gasteiger partial charge in [-0.05, 0) is 25.8 Å². The summed E-state index contributed by atoms with van der Waals surface area (Å²) in [6, 6.07) is 3.52. The molecule has 1 fully saturated rings. The van der Waals surface area contributed by atoms with Crippen LogP contribution in [0.3, 0.4) is 0 Å². The summed E-state index contributed by atoms with van der Waals surface area (Å²) in [7, 11) is 0. The van der Waals surface area contributed by atoms with Crippen molar-refractivity contribution >= 4 is 5.91 Å². The predicted molar refractivity (Wildman–Crippen MR) is 75.3 cm³/mol. The van der Waals surface area contributed by atoms with Gasteiger partial charge in [0.05, 0.1) is 5.56 Å². The number of alkyl halides is 2. The first-order chi connectivity index (χ1) is 10.5. The maximum absolute atomic E-state index is 12.5. The van der Waals surface area contributed by atoms with Crippen LogP contribution >= 0.6 is 0 Å². The summed E-state index contributed by atoms with van der Waals surface area (Å²) >= 11 is 0. The van der Waals surface area contributed by atoms with Gasteiger partial charge < -0.3 is 9.42 Å². The normalized spacial score (nSPS) is 15.4. The van der Waals surface area contributed by atoms with Crippen molar-refractivity contribution in [3.8, 4) is 5.82 Å². The summed E-state index contributed by atoms with van der Waals surface area (Å²) in [5.74, 6) is 0.407. The van der Waals surface area contributed by atoms with Crippen molar-refractivity contribution in [3.63, 3.8) is 0 Å². The Labute approximate surface area is 126 Å². The standard InChI is InChI=1S/C15H17F2N3O2/c1-9-5-12(10(2)20(9)14-3-4-22-18-14)15(21)19-7-11(8-19)6-13(16)17/h3-5,11,13H,6-8H2,1-2H3. The Balaban J connectivity index is 1.76. The van der Waals surface area contributed by atoms with Crippen LogP contribution in [0.4, 0.5) is 8.78 Å². The molecule has 2 aromatic rings. The number of carbonyl (C=O) groups is 1. The summed E-state index contributed by atoms with van der Waals surface area (Å²) in [6.45, 7) is 4.52. The molecular formula is C15H17F2N3O2. The number of halogens is 2. The number of hydrogen-bond acceptors (Lipinski definition) is 3. The zero-order valence-corrected chi connectivity index (χ0v) is 12.4. The topological polar surface area (TPSA) is 51.3 Å². The van der Waals surface area contributed by atoms with Gasteiger partial charge in [0.15, 0.2) is 5.82 Å². The molecule has 2 aromatic heterocycles. The molecule has 0 radical (unpaired) electrons. The number of rotatable bonds is 4. The first-order valence-electron chi connectivity index (χ1n) is 7.14. The average Bonchev–Trinajstić information content (AvgIpc) is 3.00. The fraction of sp³-hybridized carbons (Fsp3) is 0.467. The van der Waals surface area contributed by atoms with E-state index in [2.05, 4.69) is 5.16 Å². The lowest BCUT2D eigenvalue weighted by Gasteiger charge is -2.39. The van der Waals surface area contributed by atoms with Crippen molar-refractivity contribution in [2.75, 3.05) is 13.1 Å². The van der Waals surface area contributed by atoms with Gasteiger partial charge in [0.25, 0.3) is 5.91 Å². The molecule has 3 rings (SSSR count). The van der Waals surface area contributed by atoms with Crippen molar-refractivity contribution in [2.45, 2.75) is 26.7 Å². The van der Waals surface area contributed by atoms with Crippen LogP contribution in [0.5, 0.6) is 0 Å². The summed E-state index contributed by atoms with van der Waals surface area (Å²) in [6.07, 6.45) is -0.971. The molecule has 0 aliphatic carbocycles. The first kappa shape index (κ1) is 14.7. The molecule has 5 nitrogen and oxygen atoms in total. The maximum atomic E-state index is 12.5. The van der Waals surface area contributed by atoms with Crippen molar-refractivity contribution in [3.05, 3.63) is 35.3 Å². The molecule has 3 heterocycles. The van der Waals surface area contributed by atoms with E-state index in [1.807, 2.05) is 18.4 Å². The molecule has 22 heavy (non-hydrogen) atoms. The minimum atomic E-state index is -2.31. The van der Waals surface area contributed by atoms with Gasteiger partial charge in [0.2, 0.25) is 6.43 Å². The summed E-state index contributed by atoms with van der Waals surface area (Å²) < 4.78 is 31.3. The van der Waals surface area contributed by atoms with Crippen molar-refractivity contribution in [2.24, 2.45) is 5.92 Å². The SMILES string of the molecule is Cc1cc(C(=O)N2CC(CC(F)F)C2)c(C)n1-c1ccon1. The number of amides is 1. The van der Waals surface area contributed by atoms with Gasteiger partial charge in [-0.25, -0.2) is 8.78 Å². The van der Waals surface area contributed by atoms with Crippen LogP contribution in [0.15, 0.2) is 22.9 Å². The zero-order valence-electron chi connectivity index (χ0n) is 12.4. The van der Waals surface area contributed by atoms with Gasteiger partial charge >= 0.3 is 0 Å². The molecular weight excluding hydrogens is 292 g/mol. The summed E-state index contributed by atoms with van der Waals surface area (Å²) in [5.41, 5.74) is 2.23. The third-order valence-electron chi connectivity index (χ3n) is 4.07. The molecule has 0 bridgehead atoms. The zero-order chi connectivity index (χ0) is 15.9. The molecule has 1 aliphatic rings. The van der Waals surface area contributed by atoms with E-state index >= 15 is 0 Å². The fourth-order valence-electron chi connectivity index (χ4n) is 2.96.